The fraction of sp³-hybridized carbons (Fsp3) is 0.462. The molecule has 2 aromatic heterocycles. The van der Waals surface area contributed by atoms with Gasteiger partial charge < -0.3 is 10.1 Å². The molecule has 0 saturated carbocycles. The predicted octanol–water partition coefficient (Wildman–Crippen LogP) is 2.23. The second-order valence-corrected chi connectivity index (χ2v) is 5.12. The summed E-state index contributed by atoms with van der Waals surface area (Å²) in [5, 5.41) is 14.8. The minimum atomic E-state index is 0.143. The number of aromatic nitrogens is 3. The van der Waals surface area contributed by atoms with Crippen LogP contribution in [0.15, 0.2) is 23.7 Å². The first-order chi connectivity index (χ1) is 9.33. The molecule has 5 nitrogen and oxygen atoms in total. The van der Waals surface area contributed by atoms with Gasteiger partial charge in [-0.2, -0.15) is 5.10 Å². The molecular formula is C13H18N4OS. The van der Waals surface area contributed by atoms with Crippen molar-refractivity contribution >= 4 is 11.3 Å². The molecule has 1 unspecified atom stereocenters. The normalized spacial score (nSPS) is 12.3. The largest absolute Gasteiger partial charge is 0.480 e. The van der Waals surface area contributed by atoms with Crippen molar-refractivity contribution in [1.82, 2.24) is 20.5 Å². The van der Waals surface area contributed by atoms with Gasteiger partial charge >= 0.3 is 0 Å². The molecule has 2 heterocycles. The lowest BCUT2D eigenvalue weighted by atomic mass is 10.1. The Balaban J connectivity index is 2.10. The highest BCUT2D eigenvalue weighted by Crippen LogP contribution is 2.18. The number of thiazole rings is 1. The third-order valence-electron chi connectivity index (χ3n) is 2.73. The van der Waals surface area contributed by atoms with Crippen molar-refractivity contribution in [3.63, 3.8) is 0 Å². The van der Waals surface area contributed by atoms with Crippen molar-refractivity contribution in [2.24, 2.45) is 0 Å². The molecule has 0 spiro atoms. The van der Waals surface area contributed by atoms with Crippen LogP contribution in [0.25, 0.3) is 0 Å². The van der Waals surface area contributed by atoms with E-state index in [0.29, 0.717) is 5.88 Å². The molecule has 0 saturated heterocycles. The maximum absolute atomic E-state index is 5.03. The SMILES string of the molecule is CCCNC(Cc1nccs1)c1ccc(OC)nn1. The molecule has 0 fully saturated rings. The van der Waals surface area contributed by atoms with E-state index in [4.69, 9.17) is 4.74 Å². The van der Waals surface area contributed by atoms with Gasteiger partial charge in [0, 0.05) is 24.1 Å². The second kappa shape index (κ2) is 7.16. The predicted molar refractivity (Wildman–Crippen MR) is 75.4 cm³/mol. The summed E-state index contributed by atoms with van der Waals surface area (Å²) < 4.78 is 5.03. The topological polar surface area (TPSA) is 59.9 Å². The Morgan fingerprint density at radius 2 is 2.26 bits per heavy atom. The lowest BCUT2D eigenvalue weighted by molar-refractivity contribution is 0.389. The Kier molecular flexibility index (Phi) is 5.23. The molecular weight excluding hydrogens is 260 g/mol. The Labute approximate surface area is 117 Å². The van der Waals surface area contributed by atoms with Crippen molar-refractivity contribution in [3.8, 4) is 5.88 Å². The fourth-order valence-corrected chi connectivity index (χ4v) is 2.42. The quantitative estimate of drug-likeness (QED) is 0.841. The van der Waals surface area contributed by atoms with E-state index in [9.17, 15) is 0 Å². The highest BCUT2D eigenvalue weighted by Gasteiger charge is 2.15. The van der Waals surface area contributed by atoms with Crippen LogP contribution in [-0.2, 0) is 6.42 Å². The number of nitrogens with one attached hydrogen (secondary N) is 1. The highest BCUT2D eigenvalue weighted by molar-refractivity contribution is 7.09. The van der Waals surface area contributed by atoms with Crippen molar-refractivity contribution < 1.29 is 4.74 Å². The Bertz CT molecular complexity index is 472. The van der Waals surface area contributed by atoms with Gasteiger partial charge in [0.05, 0.1) is 23.9 Å². The molecule has 6 heteroatoms. The number of ether oxygens (including phenoxy) is 1. The molecule has 0 aliphatic heterocycles. The van der Waals surface area contributed by atoms with Crippen molar-refractivity contribution in [2.75, 3.05) is 13.7 Å². The first-order valence-electron chi connectivity index (χ1n) is 6.33. The van der Waals surface area contributed by atoms with Gasteiger partial charge in [0.2, 0.25) is 5.88 Å². The molecule has 1 N–H and O–H groups in total. The third-order valence-corrected chi connectivity index (χ3v) is 3.53. The van der Waals surface area contributed by atoms with Gasteiger partial charge in [0.15, 0.2) is 0 Å². The van der Waals surface area contributed by atoms with Gasteiger partial charge in [-0.3, -0.25) is 0 Å². The average molecular weight is 278 g/mol. The molecule has 0 aliphatic carbocycles. The van der Waals surface area contributed by atoms with E-state index in [1.165, 1.54) is 0 Å². The van der Waals surface area contributed by atoms with Gasteiger partial charge in [0.25, 0.3) is 0 Å². The maximum atomic E-state index is 5.03. The zero-order valence-corrected chi connectivity index (χ0v) is 12.0. The molecule has 0 aliphatic rings. The van der Waals surface area contributed by atoms with Crippen LogP contribution in [0, 0.1) is 0 Å². The molecule has 0 bridgehead atoms. The smallest absolute Gasteiger partial charge is 0.233 e. The van der Waals surface area contributed by atoms with E-state index in [-0.39, 0.29) is 6.04 Å². The van der Waals surface area contributed by atoms with Crippen LogP contribution in [0.5, 0.6) is 5.88 Å². The van der Waals surface area contributed by atoms with Crippen molar-refractivity contribution in [2.45, 2.75) is 25.8 Å². The van der Waals surface area contributed by atoms with Gasteiger partial charge in [-0.05, 0) is 19.0 Å². The molecule has 0 aromatic carbocycles. The summed E-state index contributed by atoms with van der Waals surface area (Å²) in [7, 11) is 1.59. The first kappa shape index (κ1) is 13.9. The highest BCUT2D eigenvalue weighted by atomic mass is 32.1. The summed E-state index contributed by atoms with van der Waals surface area (Å²) in [6, 6.07) is 3.93. The number of rotatable bonds is 7. The minimum Gasteiger partial charge on any atom is -0.480 e. The van der Waals surface area contributed by atoms with Crippen LogP contribution in [0.1, 0.15) is 30.1 Å². The third kappa shape index (κ3) is 3.97. The Morgan fingerprint density at radius 1 is 1.37 bits per heavy atom. The Morgan fingerprint density at radius 3 is 2.84 bits per heavy atom. The minimum absolute atomic E-state index is 0.143. The summed E-state index contributed by atoms with van der Waals surface area (Å²) in [4.78, 5) is 4.33. The number of hydrogen-bond donors (Lipinski definition) is 1. The maximum Gasteiger partial charge on any atom is 0.233 e. The average Bonchev–Trinajstić information content (AvgIpc) is 2.96. The summed E-state index contributed by atoms with van der Waals surface area (Å²) in [6.07, 6.45) is 3.74. The Hall–Kier alpha value is -1.53. The van der Waals surface area contributed by atoms with E-state index in [2.05, 4.69) is 27.4 Å². The van der Waals surface area contributed by atoms with Crippen LogP contribution < -0.4 is 10.1 Å². The summed E-state index contributed by atoms with van der Waals surface area (Å²) >= 11 is 1.66. The van der Waals surface area contributed by atoms with Gasteiger partial charge in [0.1, 0.15) is 0 Å². The molecule has 0 amide bonds. The van der Waals surface area contributed by atoms with E-state index in [1.54, 1.807) is 18.4 Å². The lowest BCUT2D eigenvalue weighted by Gasteiger charge is -2.16. The monoisotopic (exact) mass is 278 g/mol. The van der Waals surface area contributed by atoms with E-state index in [0.717, 1.165) is 30.1 Å². The first-order valence-corrected chi connectivity index (χ1v) is 7.20. The molecule has 1 atom stereocenters. The molecule has 0 radical (unpaired) electrons. The summed E-state index contributed by atoms with van der Waals surface area (Å²) in [6.45, 7) is 3.09. The van der Waals surface area contributed by atoms with Crippen LogP contribution in [0.4, 0.5) is 0 Å². The lowest BCUT2D eigenvalue weighted by Crippen LogP contribution is -2.25. The van der Waals surface area contributed by atoms with Crippen molar-refractivity contribution in [1.29, 1.82) is 0 Å². The summed E-state index contributed by atoms with van der Waals surface area (Å²) in [5.41, 5.74) is 0.921. The van der Waals surface area contributed by atoms with Crippen LogP contribution in [0.2, 0.25) is 0 Å². The zero-order chi connectivity index (χ0) is 13.5. The van der Waals surface area contributed by atoms with Gasteiger partial charge in [-0.1, -0.05) is 6.92 Å². The van der Waals surface area contributed by atoms with Gasteiger partial charge in [-0.15, -0.1) is 16.4 Å². The van der Waals surface area contributed by atoms with Gasteiger partial charge in [-0.25, -0.2) is 4.98 Å². The van der Waals surface area contributed by atoms with E-state index >= 15 is 0 Å². The fourth-order valence-electron chi connectivity index (χ4n) is 1.75. The number of hydrogen-bond acceptors (Lipinski definition) is 6. The number of nitrogens with zero attached hydrogens (tertiary/aromatic N) is 3. The standard InChI is InChI=1S/C13H18N4OS/c1-3-6-14-11(9-13-15-7-8-19-13)10-4-5-12(18-2)17-16-10/h4-5,7-8,11,14H,3,6,9H2,1-2H3. The number of methoxy groups -OCH3 is 1. The van der Waals surface area contributed by atoms with E-state index < -0.39 is 0 Å². The van der Waals surface area contributed by atoms with Crippen LogP contribution in [0.3, 0.4) is 0 Å². The van der Waals surface area contributed by atoms with Crippen LogP contribution >= 0.6 is 11.3 Å². The van der Waals surface area contributed by atoms with Crippen molar-refractivity contribution in [3.05, 3.63) is 34.4 Å². The molecule has 2 rings (SSSR count). The van der Waals surface area contributed by atoms with Crippen LogP contribution in [-0.4, -0.2) is 28.8 Å². The second-order valence-electron chi connectivity index (χ2n) is 4.14. The molecule has 102 valence electrons. The summed E-state index contributed by atoms with van der Waals surface area (Å²) in [5.74, 6) is 0.534. The van der Waals surface area contributed by atoms with E-state index in [1.807, 2.05) is 23.7 Å². The molecule has 19 heavy (non-hydrogen) atoms. The molecule has 2 aromatic rings. The zero-order valence-electron chi connectivity index (χ0n) is 11.2.